The van der Waals surface area contributed by atoms with Gasteiger partial charge in [-0.25, -0.2) is 0 Å². The van der Waals surface area contributed by atoms with Crippen molar-refractivity contribution in [2.24, 2.45) is 0 Å². The summed E-state index contributed by atoms with van der Waals surface area (Å²) in [6, 6.07) is 14.2. The largest absolute Gasteiger partial charge is 0.494 e. The smallest absolute Gasteiger partial charge is 0.261 e. The van der Waals surface area contributed by atoms with Crippen molar-refractivity contribution in [1.29, 1.82) is 0 Å². The Morgan fingerprint density at radius 3 is 2.12 bits per heavy atom. The number of carbonyl (C=O) groups is 2. The Labute approximate surface area is 141 Å². The number of nitrogens with zero attached hydrogens (tertiary/aromatic N) is 1. The average Bonchev–Trinajstić information content (AvgIpc) is 2.87. The van der Waals surface area contributed by atoms with Gasteiger partial charge in [-0.15, -0.1) is 6.42 Å². The van der Waals surface area contributed by atoms with E-state index in [1.54, 1.807) is 24.3 Å². The van der Waals surface area contributed by atoms with Crippen LogP contribution in [-0.4, -0.2) is 29.9 Å². The lowest BCUT2D eigenvalue weighted by Gasteiger charge is -2.13. The van der Waals surface area contributed by atoms with Gasteiger partial charge in [0.25, 0.3) is 11.8 Å². The Balaban J connectivity index is 1.45. The molecule has 0 aliphatic carbocycles. The molecule has 1 heterocycles. The predicted octanol–water partition coefficient (Wildman–Crippen LogP) is 3.12. The van der Waals surface area contributed by atoms with Gasteiger partial charge in [0.05, 0.1) is 17.7 Å². The maximum absolute atomic E-state index is 12.2. The van der Waals surface area contributed by atoms with Gasteiger partial charge in [-0.3, -0.25) is 14.5 Å². The first-order valence-electron chi connectivity index (χ1n) is 7.85. The number of hydrogen-bond donors (Lipinski definition) is 0. The zero-order chi connectivity index (χ0) is 16.9. The lowest BCUT2D eigenvalue weighted by atomic mass is 10.1. The fraction of sp³-hybridized carbons (Fsp3) is 0.200. The van der Waals surface area contributed by atoms with Gasteiger partial charge >= 0.3 is 0 Å². The molecule has 0 saturated carbocycles. The molecule has 0 unspecified atom stereocenters. The topological polar surface area (TPSA) is 46.6 Å². The van der Waals surface area contributed by atoms with E-state index in [4.69, 9.17) is 11.2 Å². The number of rotatable bonds is 6. The summed E-state index contributed by atoms with van der Waals surface area (Å²) >= 11 is 0. The number of fused-ring (bicyclic) bond motifs is 1. The minimum absolute atomic E-state index is 0.207. The van der Waals surface area contributed by atoms with Crippen LogP contribution in [0.3, 0.4) is 0 Å². The number of amides is 2. The minimum atomic E-state index is -0.207. The van der Waals surface area contributed by atoms with Gasteiger partial charge in [-0.1, -0.05) is 18.1 Å². The van der Waals surface area contributed by atoms with Crippen LogP contribution in [0, 0.1) is 12.3 Å². The molecule has 0 atom stereocenters. The Kier molecular flexibility index (Phi) is 4.62. The molecule has 0 spiro atoms. The second kappa shape index (κ2) is 7.01. The zero-order valence-electron chi connectivity index (χ0n) is 13.2. The van der Waals surface area contributed by atoms with Crippen LogP contribution < -0.4 is 4.74 Å². The van der Waals surface area contributed by atoms with Crippen LogP contribution in [0.1, 0.15) is 39.1 Å². The van der Waals surface area contributed by atoms with Crippen LogP contribution in [0.5, 0.6) is 5.75 Å². The van der Waals surface area contributed by atoms with Crippen molar-refractivity contribution < 1.29 is 14.3 Å². The summed E-state index contributed by atoms with van der Waals surface area (Å²) < 4.78 is 5.63. The summed E-state index contributed by atoms with van der Waals surface area (Å²) in [6.45, 7) is 0.935. The number of benzene rings is 2. The van der Waals surface area contributed by atoms with Gasteiger partial charge < -0.3 is 4.74 Å². The molecule has 3 rings (SSSR count). The number of unbranched alkanes of at least 4 members (excludes halogenated alkanes) is 1. The molecule has 24 heavy (non-hydrogen) atoms. The Morgan fingerprint density at radius 2 is 1.54 bits per heavy atom. The highest BCUT2D eigenvalue weighted by atomic mass is 16.5. The summed E-state index contributed by atoms with van der Waals surface area (Å²) in [6.07, 6.45) is 6.76. The van der Waals surface area contributed by atoms with E-state index in [9.17, 15) is 9.59 Å². The molecule has 0 N–H and O–H groups in total. The standard InChI is InChI=1S/C20H17NO3/c1-2-15-9-11-16(12-10-15)24-14-6-5-13-21-19(22)17-7-3-4-8-18(17)20(21)23/h1,3-4,7-12H,5-6,13-14H2. The normalized spacial score (nSPS) is 12.9. The van der Waals surface area contributed by atoms with Crippen molar-refractivity contribution >= 4 is 11.8 Å². The highest BCUT2D eigenvalue weighted by molar-refractivity contribution is 6.21. The quantitative estimate of drug-likeness (QED) is 0.467. The van der Waals surface area contributed by atoms with Crippen molar-refractivity contribution in [3.05, 3.63) is 65.2 Å². The molecule has 0 bridgehead atoms. The predicted molar refractivity (Wildman–Crippen MR) is 90.9 cm³/mol. The number of imide groups is 1. The van der Waals surface area contributed by atoms with Crippen molar-refractivity contribution in [2.45, 2.75) is 12.8 Å². The van der Waals surface area contributed by atoms with Crippen molar-refractivity contribution in [3.8, 4) is 18.1 Å². The molecule has 2 aromatic carbocycles. The van der Waals surface area contributed by atoms with E-state index in [0.29, 0.717) is 30.7 Å². The van der Waals surface area contributed by atoms with Crippen LogP contribution in [0.2, 0.25) is 0 Å². The van der Waals surface area contributed by atoms with Crippen LogP contribution >= 0.6 is 0 Å². The first kappa shape index (κ1) is 15.8. The summed E-state index contributed by atoms with van der Waals surface area (Å²) in [7, 11) is 0. The molecule has 2 amide bonds. The van der Waals surface area contributed by atoms with E-state index in [1.807, 2.05) is 24.3 Å². The van der Waals surface area contributed by atoms with E-state index in [2.05, 4.69) is 5.92 Å². The first-order valence-corrected chi connectivity index (χ1v) is 7.85. The molecule has 0 fully saturated rings. The molecule has 1 aliphatic rings. The molecule has 0 radical (unpaired) electrons. The third-order valence-corrected chi connectivity index (χ3v) is 3.94. The van der Waals surface area contributed by atoms with Crippen LogP contribution in [0.4, 0.5) is 0 Å². The van der Waals surface area contributed by atoms with Crippen LogP contribution in [0.15, 0.2) is 48.5 Å². The van der Waals surface area contributed by atoms with Crippen molar-refractivity contribution in [1.82, 2.24) is 4.90 Å². The average molecular weight is 319 g/mol. The van der Waals surface area contributed by atoms with E-state index in [0.717, 1.165) is 17.7 Å². The molecule has 4 heteroatoms. The molecule has 2 aromatic rings. The highest BCUT2D eigenvalue weighted by Gasteiger charge is 2.34. The first-order chi connectivity index (χ1) is 11.7. The van der Waals surface area contributed by atoms with Crippen LogP contribution in [0.25, 0.3) is 0 Å². The van der Waals surface area contributed by atoms with Gasteiger partial charge in [0.1, 0.15) is 5.75 Å². The summed E-state index contributed by atoms with van der Waals surface area (Å²) in [5, 5.41) is 0. The Morgan fingerprint density at radius 1 is 0.917 bits per heavy atom. The Bertz CT molecular complexity index is 767. The van der Waals surface area contributed by atoms with Gasteiger partial charge in [-0.2, -0.15) is 0 Å². The molecule has 4 nitrogen and oxygen atoms in total. The number of ether oxygens (including phenoxy) is 1. The second-order valence-corrected chi connectivity index (χ2v) is 5.53. The minimum Gasteiger partial charge on any atom is -0.494 e. The third kappa shape index (κ3) is 3.16. The fourth-order valence-electron chi connectivity index (χ4n) is 2.65. The van der Waals surface area contributed by atoms with Gasteiger partial charge in [0.15, 0.2) is 0 Å². The monoisotopic (exact) mass is 319 g/mol. The van der Waals surface area contributed by atoms with Gasteiger partial charge in [-0.05, 0) is 49.2 Å². The number of carbonyl (C=O) groups excluding carboxylic acids is 2. The fourth-order valence-corrected chi connectivity index (χ4v) is 2.65. The third-order valence-electron chi connectivity index (χ3n) is 3.94. The maximum atomic E-state index is 12.2. The molecule has 0 aromatic heterocycles. The van der Waals surface area contributed by atoms with E-state index < -0.39 is 0 Å². The van der Waals surface area contributed by atoms with Gasteiger partial charge in [0.2, 0.25) is 0 Å². The van der Waals surface area contributed by atoms with E-state index in [1.165, 1.54) is 4.90 Å². The number of hydrogen-bond acceptors (Lipinski definition) is 3. The van der Waals surface area contributed by atoms with Crippen molar-refractivity contribution in [3.63, 3.8) is 0 Å². The zero-order valence-corrected chi connectivity index (χ0v) is 13.2. The Hall–Kier alpha value is -3.06. The molecular formula is C20H17NO3. The lowest BCUT2D eigenvalue weighted by molar-refractivity contribution is 0.0649. The number of terminal acetylenes is 1. The van der Waals surface area contributed by atoms with E-state index >= 15 is 0 Å². The highest BCUT2D eigenvalue weighted by Crippen LogP contribution is 2.22. The SMILES string of the molecule is C#Cc1ccc(OCCCCN2C(=O)c3ccccc3C2=O)cc1. The molecule has 0 saturated heterocycles. The summed E-state index contributed by atoms with van der Waals surface area (Å²) in [5.74, 6) is 2.90. The van der Waals surface area contributed by atoms with Gasteiger partial charge in [0, 0.05) is 12.1 Å². The van der Waals surface area contributed by atoms with Crippen molar-refractivity contribution in [2.75, 3.05) is 13.2 Å². The second-order valence-electron chi connectivity index (χ2n) is 5.53. The summed E-state index contributed by atoms with van der Waals surface area (Å²) in [4.78, 5) is 25.7. The van der Waals surface area contributed by atoms with E-state index in [-0.39, 0.29) is 11.8 Å². The maximum Gasteiger partial charge on any atom is 0.261 e. The molecule has 1 aliphatic heterocycles. The van der Waals surface area contributed by atoms with Crippen LogP contribution in [-0.2, 0) is 0 Å². The lowest BCUT2D eigenvalue weighted by Crippen LogP contribution is -2.30. The summed E-state index contributed by atoms with van der Waals surface area (Å²) in [5.41, 5.74) is 1.80. The molecular weight excluding hydrogens is 302 g/mol. The molecule has 120 valence electrons.